The van der Waals surface area contributed by atoms with Crippen LogP contribution in [0.5, 0.6) is 5.75 Å². The highest BCUT2D eigenvalue weighted by atomic mass is 35.5. The van der Waals surface area contributed by atoms with E-state index in [1.807, 2.05) is 6.07 Å². The topological polar surface area (TPSA) is 112 Å². The molecule has 38 heavy (non-hydrogen) atoms. The van der Waals surface area contributed by atoms with Crippen LogP contribution < -0.4 is 25.6 Å². The van der Waals surface area contributed by atoms with Gasteiger partial charge in [0, 0.05) is 50.9 Å². The smallest absolute Gasteiger partial charge is 0.247 e. The highest BCUT2D eigenvalue weighted by Crippen LogP contribution is 2.39. The van der Waals surface area contributed by atoms with E-state index in [1.54, 1.807) is 37.1 Å². The largest absolute Gasteiger partial charge is 0.494 e. The van der Waals surface area contributed by atoms with Crippen molar-refractivity contribution in [3.05, 3.63) is 66.2 Å². The molecule has 198 valence electrons. The van der Waals surface area contributed by atoms with Gasteiger partial charge in [-0.2, -0.15) is 0 Å². The Morgan fingerprint density at radius 1 is 1.05 bits per heavy atom. The fourth-order valence-corrected chi connectivity index (χ4v) is 4.18. The highest BCUT2D eigenvalue weighted by Gasteiger charge is 2.23. The first-order chi connectivity index (χ1) is 18.3. The van der Waals surface area contributed by atoms with Crippen molar-refractivity contribution in [1.29, 1.82) is 0 Å². The molecule has 0 spiro atoms. The van der Waals surface area contributed by atoms with Crippen LogP contribution in [-0.4, -0.2) is 60.0 Å². The number of amides is 2. The van der Waals surface area contributed by atoms with E-state index in [4.69, 9.17) is 16.3 Å². The standard InChI is InChI=1S/C26H27ClFN7O3/c1-4-26(37)33-20-12-21(23(38-3)13-22(20)35-9-7-34(8-10-35)16(2)36)32-25-14-24(29-15-30-25)31-17-5-6-19(28)18(27)11-17/h4-6,11-15H,1,7-10H2,2-3H3,(H,33,37)(H2,29,30,31,32). The lowest BCUT2D eigenvalue weighted by Gasteiger charge is -2.36. The molecule has 1 saturated heterocycles. The first-order valence-corrected chi connectivity index (χ1v) is 12.1. The lowest BCUT2D eigenvalue weighted by molar-refractivity contribution is -0.129. The summed E-state index contributed by atoms with van der Waals surface area (Å²) in [5, 5.41) is 9.11. The van der Waals surface area contributed by atoms with Gasteiger partial charge >= 0.3 is 0 Å². The monoisotopic (exact) mass is 539 g/mol. The average Bonchev–Trinajstić information content (AvgIpc) is 2.91. The summed E-state index contributed by atoms with van der Waals surface area (Å²) in [5.41, 5.74) is 2.40. The van der Waals surface area contributed by atoms with Gasteiger partial charge in [-0.15, -0.1) is 0 Å². The van der Waals surface area contributed by atoms with Crippen LogP contribution in [0.15, 0.2) is 55.4 Å². The van der Waals surface area contributed by atoms with E-state index in [1.165, 1.54) is 24.5 Å². The van der Waals surface area contributed by atoms with Crippen LogP contribution in [0.3, 0.4) is 0 Å². The van der Waals surface area contributed by atoms with E-state index in [-0.39, 0.29) is 16.8 Å². The van der Waals surface area contributed by atoms with Crippen molar-refractivity contribution in [2.45, 2.75) is 6.92 Å². The molecule has 4 rings (SSSR count). The van der Waals surface area contributed by atoms with E-state index in [0.717, 1.165) is 5.69 Å². The molecule has 12 heteroatoms. The molecule has 0 bridgehead atoms. The molecule has 0 atom stereocenters. The SMILES string of the molecule is C=CC(=O)Nc1cc(Nc2cc(Nc3ccc(F)c(Cl)c3)ncn2)c(OC)cc1N1CCN(C(C)=O)CC1. The minimum Gasteiger partial charge on any atom is -0.494 e. The summed E-state index contributed by atoms with van der Waals surface area (Å²) in [5.74, 6) is 0.559. The molecule has 3 aromatic rings. The Morgan fingerprint density at radius 3 is 2.39 bits per heavy atom. The third-order valence-electron chi connectivity index (χ3n) is 5.95. The lowest BCUT2D eigenvalue weighted by Crippen LogP contribution is -2.48. The first-order valence-electron chi connectivity index (χ1n) is 11.7. The van der Waals surface area contributed by atoms with Crippen LogP contribution in [0.4, 0.5) is 38.8 Å². The Kier molecular flexibility index (Phi) is 8.27. The number of carbonyl (C=O) groups excluding carboxylic acids is 2. The number of rotatable bonds is 8. The number of nitrogens with one attached hydrogen (secondary N) is 3. The number of piperazine rings is 1. The molecule has 1 aliphatic heterocycles. The molecular weight excluding hydrogens is 513 g/mol. The molecule has 2 heterocycles. The van der Waals surface area contributed by atoms with Crippen molar-refractivity contribution in [3.8, 4) is 5.75 Å². The zero-order valence-corrected chi connectivity index (χ0v) is 21.7. The molecule has 1 aliphatic rings. The van der Waals surface area contributed by atoms with Gasteiger partial charge in [0.25, 0.3) is 0 Å². The van der Waals surface area contributed by atoms with E-state index < -0.39 is 5.82 Å². The maximum Gasteiger partial charge on any atom is 0.247 e. The van der Waals surface area contributed by atoms with Gasteiger partial charge in [-0.25, -0.2) is 14.4 Å². The van der Waals surface area contributed by atoms with Crippen molar-refractivity contribution < 1.29 is 18.7 Å². The molecular formula is C26H27ClFN7O3. The summed E-state index contributed by atoms with van der Waals surface area (Å²) in [7, 11) is 1.55. The summed E-state index contributed by atoms with van der Waals surface area (Å²) < 4.78 is 19.1. The fraction of sp³-hybridized carbons (Fsp3) is 0.231. The number of aromatic nitrogens is 2. The number of methoxy groups -OCH3 is 1. The van der Waals surface area contributed by atoms with Crippen LogP contribution in [0.1, 0.15) is 6.92 Å². The van der Waals surface area contributed by atoms with Crippen LogP contribution in [0.25, 0.3) is 0 Å². The second-order valence-corrected chi connectivity index (χ2v) is 8.83. The van der Waals surface area contributed by atoms with Crippen LogP contribution in [-0.2, 0) is 9.59 Å². The third kappa shape index (κ3) is 6.30. The molecule has 2 amide bonds. The summed E-state index contributed by atoms with van der Waals surface area (Å²) in [6, 6.07) is 9.50. The normalized spacial score (nSPS) is 13.1. The highest BCUT2D eigenvalue weighted by molar-refractivity contribution is 6.31. The van der Waals surface area contributed by atoms with E-state index >= 15 is 0 Å². The number of anilines is 6. The molecule has 0 radical (unpaired) electrons. The summed E-state index contributed by atoms with van der Waals surface area (Å²) in [6.45, 7) is 7.44. The van der Waals surface area contributed by atoms with Gasteiger partial charge in [0.1, 0.15) is 29.5 Å². The van der Waals surface area contributed by atoms with Gasteiger partial charge in [0.05, 0.1) is 29.2 Å². The van der Waals surface area contributed by atoms with Crippen LogP contribution in [0.2, 0.25) is 5.02 Å². The molecule has 1 fully saturated rings. The van der Waals surface area contributed by atoms with Gasteiger partial charge in [0.2, 0.25) is 11.8 Å². The molecule has 3 N–H and O–H groups in total. The Bertz CT molecular complexity index is 1360. The minimum atomic E-state index is -0.516. The van der Waals surface area contributed by atoms with Crippen molar-refractivity contribution in [3.63, 3.8) is 0 Å². The molecule has 1 aromatic heterocycles. The number of ether oxygens (including phenoxy) is 1. The van der Waals surface area contributed by atoms with E-state index in [9.17, 15) is 14.0 Å². The molecule has 0 saturated carbocycles. The third-order valence-corrected chi connectivity index (χ3v) is 6.24. The number of nitrogens with zero attached hydrogens (tertiary/aromatic N) is 4. The maximum atomic E-state index is 13.5. The Labute approximate surface area is 224 Å². The second kappa shape index (κ2) is 11.8. The van der Waals surface area contributed by atoms with Gasteiger partial charge in [-0.1, -0.05) is 18.2 Å². The fourth-order valence-electron chi connectivity index (χ4n) is 4.00. The average molecular weight is 540 g/mol. The van der Waals surface area contributed by atoms with Crippen LogP contribution >= 0.6 is 11.6 Å². The quantitative estimate of drug-likeness (QED) is 0.357. The number of hydrogen-bond acceptors (Lipinski definition) is 8. The molecule has 0 unspecified atom stereocenters. The zero-order valence-electron chi connectivity index (χ0n) is 20.9. The van der Waals surface area contributed by atoms with Gasteiger partial charge < -0.3 is 30.5 Å². The van der Waals surface area contributed by atoms with Crippen molar-refractivity contribution in [2.75, 3.05) is 54.1 Å². The van der Waals surface area contributed by atoms with Crippen LogP contribution in [0, 0.1) is 5.82 Å². The van der Waals surface area contributed by atoms with E-state index in [0.29, 0.717) is 60.6 Å². The summed E-state index contributed by atoms with van der Waals surface area (Å²) in [4.78, 5) is 36.3. The Hall–Kier alpha value is -4.38. The van der Waals surface area contributed by atoms with Gasteiger partial charge in [0.15, 0.2) is 0 Å². The Morgan fingerprint density at radius 2 is 1.76 bits per heavy atom. The summed E-state index contributed by atoms with van der Waals surface area (Å²) >= 11 is 5.87. The first kappa shape index (κ1) is 26.7. The zero-order chi connectivity index (χ0) is 27.2. The number of hydrogen-bond donors (Lipinski definition) is 3. The maximum absolute atomic E-state index is 13.5. The number of carbonyl (C=O) groups is 2. The van der Waals surface area contributed by atoms with E-state index in [2.05, 4.69) is 37.4 Å². The predicted octanol–water partition coefficient (Wildman–Crippen LogP) is 4.56. The molecule has 0 aliphatic carbocycles. The van der Waals surface area contributed by atoms with Gasteiger partial charge in [-0.3, -0.25) is 9.59 Å². The molecule has 2 aromatic carbocycles. The summed E-state index contributed by atoms with van der Waals surface area (Å²) in [6.07, 6.45) is 2.56. The van der Waals surface area contributed by atoms with Crippen molar-refractivity contribution in [2.24, 2.45) is 0 Å². The Balaban J connectivity index is 1.61. The number of halogens is 2. The van der Waals surface area contributed by atoms with Crippen molar-refractivity contribution >= 4 is 57.8 Å². The predicted molar refractivity (Wildman–Crippen MR) is 146 cm³/mol. The van der Waals surface area contributed by atoms with Gasteiger partial charge in [-0.05, 0) is 30.3 Å². The lowest BCUT2D eigenvalue weighted by atomic mass is 10.1. The minimum absolute atomic E-state index is 0.0101. The number of benzene rings is 2. The second-order valence-electron chi connectivity index (χ2n) is 8.42. The van der Waals surface area contributed by atoms with Crippen molar-refractivity contribution in [1.82, 2.24) is 14.9 Å². The molecule has 10 nitrogen and oxygen atoms in total.